The molecule has 1 radical (unpaired) electrons. The van der Waals surface area contributed by atoms with Crippen LogP contribution in [0.3, 0.4) is 0 Å². The molecule has 4 heteroatoms. The van der Waals surface area contributed by atoms with E-state index in [0.29, 0.717) is 17.4 Å². The number of hydrogen-bond acceptors (Lipinski definition) is 4. The molecule has 0 bridgehead atoms. The first-order valence-corrected chi connectivity index (χ1v) is 3.49. The topological polar surface area (TPSA) is 51.8 Å². The van der Waals surface area contributed by atoms with Crippen LogP contribution < -0.4 is 0 Å². The minimum absolute atomic E-state index is 0.435. The molecule has 12 heavy (non-hydrogen) atoms. The van der Waals surface area contributed by atoms with Gasteiger partial charge in [-0.25, -0.2) is 0 Å². The SMILES string of the molecule is Cc1noc(-c2c[c]ccn2)n1. The molecule has 0 fully saturated rings. The Hall–Kier alpha value is -1.71. The van der Waals surface area contributed by atoms with Gasteiger partial charge in [-0.05, 0) is 25.1 Å². The van der Waals surface area contributed by atoms with Gasteiger partial charge in [0.2, 0.25) is 0 Å². The minimum Gasteiger partial charge on any atom is -0.332 e. The fourth-order valence-corrected chi connectivity index (χ4v) is 0.843. The summed E-state index contributed by atoms with van der Waals surface area (Å²) in [6.45, 7) is 1.76. The molecule has 0 saturated heterocycles. The quantitative estimate of drug-likeness (QED) is 0.629. The van der Waals surface area contributed by atoms with Crippen LogP contribution in [-0.4, -0.2) is 15.1 Å². The maximum atomic E-state index is 4.91. The van der Waals surface area contributed by atoms with E-state index in [-0.39, 0.29) is 0 Å². The van der Waals surface area contributed by atoms with Gasteiger partial charge < -0.3 is 4.52 Å². The normalized spacial score (nSPS) is 10.1. The highest BCUT2D eigenvalue weighted by atomic mass is 16.5. The van der Waals surface area contributed by atoms with Crippen molar-refractivity contribution in [3.8, 4) is 11.6 Å². The zero-order valence-corrected chi connectivity index (χ0v) is 6.48. The van der Waals surface area contributed by atoms with Crippen LogP contribution in [0.5, 0.6) is 0 Å². The predicted octanol–water partition coefficient (Wildman–Crippen LogP) is 1.24. The van der Waals surface area contributed by atoms with Crippen molar-refractivity contribution in [3.05, 3.63) is 30.2 Å². The predicted molar refractivity (Wildman–Crippen MR) is 41.1 cm³/mol. The lowest BCUT2D eigenvalue weighted by Gasteiger charge is -1.88. The minimum atomic E-state index is 0.435. The summed E-state index contributed by atoms with van der Waals surface area (Å²) in [6, 6.07) is 6.29. The molecule has 0 aliphatic carbocycles. The van der Waals surface area contributed by atoms with E-state index in [1.165, 1.54) is 0 Å². The Labute approximate surface area is 69.3 Å². The Bertz CT molecular complexity index is 369. The molecule has 0 spiro atoms. The molecule has 0 atom stereocenters. The average molecular weight is 160 g/mol. The number of pyridine rings is 1. The van der Waals surface area contributed by atoms with Gasteiger partial charge in [-0.3, -0.25) is 4.98 Å². The molecule has 0 amide bonds. The molecular weight excluding hydrogens is 154 g/mol. The fourth-order valence-electron chi connectivity index (χ4n) is 0.843. The molecule has 0 aromatic carbocycles. The van der Waals surface area contributed by atoms with E-state index in [0.717, 1.165) is 0 Å². The van der Waals surface area contributed by atoms with Gasteiger partial charge in [0.1, 0.15) is 5.69 Å². The Morgan fingerprint density at radius 3 is 3.00 bits per heavy atom. The Morgan fingerprint density at radius 2 is 2.42 bits per heavy atom. The van der Waals surface area contributed by atoms with Crippen LogP contribution >= 0.6 is 0 Å². The molecule has 2 rings (SSSR count). The summed E-state index contributed by atoms with van der Waals surface area (Å²) in [5.41, 5.74) is 0.651. The van der Waals surface area contributed by atoms with Crippen LogP contribution in [0.25, 0.3) is 11.6 Å². The molecule has 0 unspecified atom stereocenters. The van der Waals surface area contributed by atoms with Gasteiger partial charge in [-0.1, -0.05) is 5.16 Å². The smallest absolute Gasteiger partial charge is 0.276 e. The van der Waals surface area contributed by atoms with E-state index in [2.05, 4.69) is 21.2 Å². The summed E-state index contributed by atoms with van der Waals surface area (Å²) in [4.78, 5) is 8.06. The van der Waals surface area contributed by atoms with Crippen LogP contribution in [0, 0.1) is 13.0 Å². The highest BCUT2D eigenvalue weighted by Gasteiger charge is 2.05. The third-order valence-corrected chi connectivity index (χ3v) is 1.35. The lowest BCUT2D eigenvalue weighted by molar-refractivity contribution is 0.424. The lowest BCUT2D eigenvalue weighted by Crippen LogP contribution is -1.81. The molecule has 4 nitrogen and oxygen atoms in total. The van der Waals surface area contributed by atoms with Crippen LogP contribution in [0.4, 0.5) is 0 Å². The van der Waals surface area contributed by atoms with E-state index in [1.807, 2.05) is 0 Å². The van der Waals surface area contributed by atoms with Crippen molar-refractivity contribution in [2.24, 2.45) is 0 Å². The van der Waals surface area contributed by atoms with Gasteiger partial charge in [-0.15, -0.1) is 0 Å². The largest absolute Gasteiger partial charge is 0.332 e. The molecule has 2 aromatic rings. The van der Waals surface area contributed by atoms with Gasteiger partial charge in [-0.2, -0.15) is 4.98 Å². The van der Waals surface area contributed by atoms with Gasteiger partial charge in [0.25, 0.3) is 5.89 Å². The monoisotopic (exact) mass is 160 g/mol. The van der Waals surface area contributed by atoms with Crippen LogP contribution in [0.2, 0.25) is 0 Å². The molecule has 0 aliphatic rings. The molecule has 0 N–H and O–H groups in total. The second-order valence-corrected chi connectivity index (χ2v) is 2.29. The van der Waals surface area contributed by atoms with Crippen molar-refractivity contribution in [2.75, 3.05) is 0 Å². The van der Waals surface area contributed by atoms with Crippen molar-refractivity contribution in [1.29, 1.82) is 0 Å². The first-order valence-electron chi connectivity index (χ1n) is 3.49. The third kappa shape index (κ3) is 1.18. The van der Waals surface area contributed by atoms with Crippen molar-refractivity contribution in [3.63, 3.8) is 0 Å². The highest BCUT2D eigenvalue weighted by molar-refractivity contribution is 5.44. The van der Waals surface area contributed by atoms with E-state index in [9.17, 15) is 0 Å². The second-order valence-electron chi connectivity index (χ2n) is 2.29. The first kappa shape index (κ1) is 6.97. The van der Waals surface area contributed by atoms with Gasteiger partial charge in [0.05, 0.1) is 0 Å². The maximum Gasteiger partial charge on any atom is 0.276 e. The van der Waals surface area contributed by atoms with E-state index in [4.69, 9.17) is 4.52 Å². The van der Waals surface area contributed by atoms with Gasteiger partial charge in [0.15, 0.2) is 5.82 Å². The van der Waals surface area contributed by atoms with Crippen LogP contribution in [0.1, 0.15) is 5.82 Å². The number of aryl methyl sites for hydroxylation is 1. The zero-order valence-electron chi connectivity index (χ0n) is 6.48. The summed E-state index contributed by atoms with van der Waals surface area (Å²) in [5, 5.41) is 3.65. The number of aromatic nitrogens is 3. The van der Waals surface area contributed by atoms with Crippen molar-refractivity contribution < 1.29 is 4.52 Å². The Balaban J connectivity index is 2.45. The maximum absolute atomic E-state index is 4.91. The number of rotatable bonds is 1. The van der Waals surface area contributed by atoms with Crippen molar-refractivity contribution >= 4 is 0 Å². The molecule has 2 heterocycles. The molecule has 0 saturated carbocycles. The highest BCUT2D eigenvalue weighted by Crippen LogP contribution is 2.11. The second kappa shape index (κ2) is 2.73. The average Bonchev–Trinajstić information content (AvgIpc) is 2.54. The van der Waals surface area contributed by atoms with E-state index in [1.54, 1.807) is 25.3 Å². The van der Waals surface area contributed by atoms with Crippen LogP contribution in [0.15, 0.2) is 22.9 Å². The van der Waals surface area contributed by atoms with E-state index >= 15 is 0 Å². The molecule has 0 aliphatic heterocycles. The summed E-state index contributed by atoms with van der Waals surface area (Å²) >= 11 is 0. The van der Waals surface area contributed by atoms with Gasteiger partial charge in [0, 0.05) is 6.20 Å². The third-order valence-electron chi connectivity index (χ3n) is 1.35. The van der Waals surface area contributed by atoms with E-state index < -0.39 is 0 Å². The fraction of sp³-hybridized carbons (Fsp3) is 0.125. The summed E-state index contributed by atoms with van der Waals surface area (Å²) in [6.07, 6.45) is 1.63. The number of hydrogen-bond donors (Lipinski definition) is 0. The summed E-state index contributed by atoms with van der Waals surface area (Å²) in [7, 11) is 0. The van der Waals surface area contributed by atoms with Crippen LogP contribution in [-0.2, 0) is 0 Å². The van der Waals surface area contributed by atoms with Gasteiger partial charge >= 0.3 is 0 Å². The lowest BCUT2D eigenvalue weighted by atomic mass is 10.3. The first-order chi connectivity index (χ1) is 5.86. The summed E-state index contributed by atoms with van der Waals surface area (Å²) < 4.78 is 4.91. The molecule has 59 valence electrons. The zero-order chi connectivity index (χ0) is 8.39. The number of nitrogens with zero attached hydrogens (tertiary/aromatic N) is 3. The Morgan fingerprint density at radius 1 is 1.50 bits per heavy atom. The standard InChI is InChI=1S/C8H6N3O/c1-6-10-8(12-11-6)7-4-2-3-5-9-7/h3-5H,1H3. The Kier molecular flexibility index (Phi) is 1.59. The van der Waals surface area contributed by atoms with Crippen molar-refractivity contribution in [1.82, 2.24) is 15.1 Å². The van der Waals surface area contributed by atoms with Crippen molar-refractivity contribution in [2.45, 2.75) is 6.92 Å². The molecule has 2 aromatic heterocycles. The molecular formula is C8H6N3O. The summed E-state index contributed by atoms with van der Waals surface area (Å²) in [5.74, 6) is 1.04.